The van der Waals surface area contributed by atoms with Crippen LogP contribution in [0.15, 0.2) is 0 Å². The molecule has 1 atom stereocenters. The second-order valence-corrected chi connectivity index (χ2v) is 4.95. The Kier molecular flexibility index (Phi) is 4.03. The van der Waals surface area contributed by atoms with Crippen molar-refractivity contribution in [2.75, 3.05) is 13.7 Å². The van der Waals surface area contributed by atoms with Gasteiger partial charge in [0.05, 0.1) is 5.92 Å². The average molecular weight is 212 g/mol. The van der Waals surface area contributed by atoms with Gasteiger partial charge >= 0.3 is 0 Å². The third kappa shape index (κ3) is 2.88. The maximum Gasteiger partial charge on any atom is 0.168 e. The Bertz CT molecular complexity index is 256. The summed E-state index contributed by atoms with van der Waals surface area (Å²) in [7, 11) is 1.49. The standard InChI is InChI=1S/C12H20O3/c1-12(2)7-5-4-6-9(11(12)14)10(13)8-15-3/h9H,4-8H2,1-3H3. The molecule has 3 heteroatoms. The number of hydrogen-bond acceptors (Lipinski definition) is 3. The Labute approximate surface area is 91.2 Å². The number of carbonyl (C=O) groups is 2. The summed E-state index contributed by atoms with van der Waals surface area (Å²) in [6, 6.07) is 0. The number of ketones is 2. The first-order valence-corrected chi connectivity index (χ1v) is 5.55. The molecule has 86 valence electrons. The van der Waals surface area contributed by atoms with E-state index in [-0.39, 0.29) is 23.6 Å². The van der Waals surface area contributed by atoms with Crippen molar-refractivity contribution in [3.8, 4) is 0 Å². The van der Waals surface area contributed by atoms with E-state index in [4.69, 9.17) is 4.74 Å². The first-order valence-electron chi connectivity index (χ1n) is 5.55. The average Bonchev–Trinajstić information content (AvgIpc) is 2.28. The summed E-state index contributed by atoms with van der Waals surface area (Å²) in [5.41, 5.74) is -0.343. The Balaban J connectivity index is 2.78. The van der Waals surface area contributed by atoms with Gasteiger partial charge in [0, 0.05) is 12.5 Å². The van der Waals surface area contributed by atoms with Crippen LogP contribution in [0.3, 0.4) is 0 Å². The second-order valence-electron chi connectivity index (χ2n) is 4.95. The fourth-order valence-electron chi connectivity index (χ4n) is 2.19. The number of ether oxygens (including phenoxy) is 1. The van der Waals surface area contributed by atoms with Crippen molar-refractivity contribution in [1.29, 1.82) is 0 Å². The van der Waals surface area contributed by atoms with E-state index in [1.165, 1.54) is 7.11 Å². The Morgan fingerprint density at radius 2 is 2.13 bits per heavy atom. The van der Waals surface area contributed by atoms with E-state index >= 15 is 0 Å². The molecule has 1 aliphatic carbocycles. The van der Waals surface area contributed by atoms with E-state index in [9.17, 15) is 9.59 Å². The van der Waals surface area contributed by atoms with Crippen molar-refractivity contribution in [1.82, 2.24) is 0 Å². The molecule has 1 unspecified atom stereocenters. The molecule has 0 bridgehead atoms. The summed E-state index contributed by atoms with van der Waals surface area (Å²) in [5.74, 6) is -0.387. The minimum atomic E-state index is -0.428. The minimum Gasteiger partial charge on any atom is -0.377 e. The topological polar surface area (TPSA) is 43.4 Å². The summed E-state index contributed by atoms with van der Waals surface area (Å²) in [6.07, 6.45) is 3.60. The van der Waals surface area contributed by atoms with Crippen molar-refractivity contribution in [3.63, 3.8) is 0 Å². The highest BCUT2D eigenvalue weighted by atomic mass is 16.5. The van der Waals surface area contributed by atoms with Crippen LogP contribution in [-0.2, 0) is 14.3 Å². The molecule has 1 rings (SSSR count). The van der Waals surface area contributed by atoms with Crippen molar-refractivity contribution in [2.24, 2.45) is 11.3 Å². The molecule has 0 spiro atoms. The predicted molar refractivity (Wildman–Crippen MR) is 57.6 cm³/mol. The van der Waals surface area contributed by atoms with Crippen LogP contribution in [0, 0.1) is 11.3 Å². The molecular weight excluding hydrogens is 192 g/mol. The number of carbonyl (C=O) groups excluding carboxylic acids is 2. The quantitative estimate of drug-likeness (QED) is 0.530. The molecule has 15 heavy (non-hydrogen) atoms. The SMILES string of the molecule is COCC(=O)C1CCCCC(C)(C)C1=O. The zero-order valence-electron chi connectivity index (χ0n) is 9.84. The van der Waals surface area contributed by atoms with Crippen molar-refractivity contribution < 1.29 is 14.3 Å². The van der Waals surface area contributed by atoms with Crippen LogP contribution >= 0.6 is 0 Å². The van der Waals surface area contributed by atoms with Gasteiger partial charge in [0.25, 0.3) is 0 Å². The normalized spacial score (nSPS) is 26.1. The summed E-state index contributed by atoms with van der Waals surface area (Å²) in [4.78, 5) is 23.8. The molecule has 1 fully saturated rings. The van der Waals surface area contributed by atoms with E-state index in [2.05, 4.69) is 0 Å². The van der Waals surface area contributed by atoms with Gasteiger partial charge in [-0.05, 0) is 12.8 Å². The van der Waals surface area contributed by atoms with Gasteiger partial charge in [0.1, 0.15) is 12.4 Å². The molecule has 0 aromatic heterocycles. The first-order chi connectivity index (χ1) is 6.99. The van der Waals surface area contributed by atoms with Gasteiger partial charge in [-0.3, -0.25) is 9.59 Å². The van der Waals surface area contributed by atoms with E-state index < -0.39 is 5.92 Å². The predicted octanol–water partition coefficient (Wildman–Crippen LogP) is 1.99. The fourth-order valence-corrected chi connectivity index (χ4v) is 2.19. The lowest BCUT2D eigenvalue weighted by atomic mass is 9.78. The molecule has 0 aliphatic heterocycles. The maximum absolute atomic E-state index is 12.1. The number of Topliss-reactive ketones (excluding diaryl/α,β-unsaturated/α-hetero) is 2. The van der Waals surface area contributed by atoms with Gasteiger partial charge in [-0.2, -0.15) is 0 Å². The minimum absolute atomic E-state index is 0.0579. The second kappa shape index (κ2) is 4.88. The molecule has 0 N–H and O–H groups in total. The van der Waals surface area contributed by atoms with Crippen LogP contribution in [0.1, 0.15) is 39.5 Å². The van der Waals surface area contributed by atoms with Crippen LogP contribution in [0.5, 0.6) is 0 Å². The summed E-state index contributed by atoms with van der Waals surface area (Å²) < 4.78 is 4.81. The van der Waals surface area contributed by atoms with Crippen LogP contribution in [-0.4, -0.2) is 25.3 Å². The third-order valence-electron chi connectivity index (χ3n) is 3.20. The fraction of sp³-hybridized carbons (Fsp3) is 0.833. The van der Waals surface area contributed by atoms with E-state index in [0.29, 0.717) is 6.42 Å². The van der Waals surface area contributed by atoms with E-state index in [1.54, 1.807) is 0 Å². The Hall–Kier alpha value is -0.700. The monoisotopic (exact) mass is 212 g/mol. The van der Waals surface area contributed by atoms with Crippen LogP contribution < -0.4 is 0 Å². The molecule has 0 aromatic carbocycles. The molecule has 0 aromatic rings. The molecule has 1 saturated carbocycles. The van der Waals surface area contributed by atoms with Gasteiger partial charge < -0.3 is 4.74 Å². The smallest absolute Gasteiger partial charge is 0.168 e. The highest BCUT2D eigenvalue weighted by Gasteiger charge is 2.38. The van der Waals surface area contributed by atoms with Crippen molar-refractivity contribution in [3.05, 3.63) is 0 Å². The van der Waals surface area contributed by atoms with Crippen LogP contribution in [0.25, 0.3) is 0 Å². The van der Waals surface area contributed by atoms with Gasteiger partial charge in [0.15, 0.2) is 5.78 Å². The van der Waals surface area contributed by atoms with Gasteiger partial charge in [-0.15, -0.1) is 0 Å². The zero-order chi connectivity index (χ0) is 11.5. The van der Waals surface area contributed by atoms with Crippen molar-refractivity contribution >= 4 is 11.6 Å². The molecule has 0 saturated heterocycles. The maximum atomic E-state index is 12.1. The molecule has 3 nitrogen and oxygen atoms in total. The largest absolute Gasteiger partial charge is 0.377 e. The Morgan fingerprint density at radius 3 is 2.73 bits per heavy atom. The highest BCUT2D eigenvalue weighted by molar-refractivity contribution is 6.05. The lowest BCUT2D eigenvalue weighted by Crippen LogP contribution is -2.35. The van der Waals surface area contributed by atoms with Crippen LogP contribution in [0.2, 0.25) is 0 Å². The van der Waals surface area contributed by atoms with Crippen molar-refractivity contribution in [2.45, 2.75) is 39.5 Å². The van der Waals surface area contributed by atoms with Crippen LogP contribution in [0.4, 0.5) is 0 Å². The third-order valence-corrected chi connectivity index (χ3v) is 3.20. The molecule has 0 heterocycles. The number of hydrogen-bond donors (Lipinski definition) is 0. The molecular formula is C12H20O3. The molecule has 1 aliphatic rings. The Morgan fingerprint density at radius 1 is 1.47 bits per heavy atom. The number of rotatable bonds is 3. The molecule has 0 radical (unpaired) electrons. The lowest BCUT2D eigenvalue weighted by molar-refractivity contribution is -0.139. The van der Waals surface area contributed by atoms with E-state index in [1.807, 2.05) is 13.8 Å². The first kappa shape index (κ1) is 12.4. The van der Waals surface area contributed by atoms with Gasteiger partial charge in [-0.1, -0.05) is 26.7 Å². The lowest BCUT2D eigenvalue weighted by Gasteiger charge is -2.24. The highest BCUT2D eigenvalue weighted by Crippen LogP contribution is 2.34. The van der Waals surface area contributed by atoms with E-state index in [0.717, 1.165) is 19.3 Å². The summed E-state index contributed by atoms with van der Waals surface area (Å²) in [6.45, 7) is 3.94. The summed E-state index contributed by atoms with van der Waals surface area (Å²) >= 11 is 0. The van der Waals surface area contributed by atoms with Gasteiger partial charge in [-0.25, -0.2) is 0 Å². The molecule has 0 amide bonds. The summed E-state index contributed by atoms with van der Waals surface area (Å²) in [5, 5.41) is 0. The zero-order valence-corrected chi connectivity index (χ0v) is 9.84. The number of methoxy groups -OCH3 is 1. The van der Waals surface area contributed by atoms with Gasteiger partial charge in [0.2, 0.25) is 0 Å².